The predicted molar refractivity (Wildman–Crippen MR) is 55.1 cm³/mol. The van der Waals surface area contributed by atoms with Crippen molar-refractivity contribution >= 4 is 11.8 Å². The summed E-state index contributed by atoms with van der Waals surface area (Å²) in [6.45, 7) is 5.74. The van der Waals surface area contributed by atoms with Crippen molar-refractivity contribution in [3.05, 3.63) is 12.2 Å². The maximum absolute atomic E-state index is 11.7. The zero-order valence-electron chi connectivity index (χ0n) is 9.32. The highest BCUT2D eigenvalue weighted by Crippen LogP contribution is 2.45. The molecule has 0 aromatic heterocycles. The van der Waals surface area contributed by atoms with E-state index in [2.05, 4.69) is 0 Å². The van der Waals surface area contributed by atoms with Gasteiger partial charge in [-0.05, 0) is 25.3 Å². The fourth-order valence-electron chi connectivity index (χ4n) is 2.69. The fourth-order valence-corrected chi connectivity index (χ4v) is 2.69. The molecule has 3 unspecified atom stereocenters. The highest BCUT2D eigenvalue weighted by molar-refractivity contribution is 6.01. The van der Waals surface area contributed by atoms with E-state index in [9.17, 15) is 9.59 Å². The molecule has 3 nitrogen and oxygen atoms in total. The quantitative estimate of drug-likeness (QED) is 0.616. The molecule has 15 heavy (non-hydrogen) atoms. The number of ether oxygens (including phenoxy) is 1. The van der Waals surface area contributed by atoms with Gasteiger partial charge in [0, 0.05) is 5.92 Å². The van der Waals surface area contributed by atoms with Gasteiger partial charge in [-0.15, -0.1) is 0 Å². The molecule has 1 heterocycles. The van der Waals surface area contributed by atoms with Crippen LogP contribution < -0.4 is 0 Å². The van der Waals surface area contributed by atoms with Crippen molar-refractivity contribution in [3.63, 3.8) is 0 Å². The number of carbonyl (C=O) groups is 2. The lowest BCUT2D eigenvalue weighted by atomic mass is 9.71. The molecule has 0 aromatic carbocycles. The van der Waals surface area contributed by atoms with Gasteiger partial charge in [0.05, 0.1) is 5.92 Å². The number of rotatable bonds is 1. The normalized spacial score (nSPS) is 39.5. The van der Waals surface area contributed by atoms with Gasteiger partial charge in [-0.3, -0.25) is 9.59 Å². The van der Waals surface area contributed by atoms with Gasteiger partial charge in [0.1, 0.15) is 0 Å². The minimum absolute atomic E-state index is 0.0162. The minimum Gasteiger partial charge on any atom is -0.450 e. The van der Waals surface area contributed by atoms with Crippen LogP contribution in [-0.4, -0.2) is 17.4 Å². The number of ketones is 1. The molecule has 0 N–H and O–H groups in total. The summed E-state index contributed by atoms with van der Waals surface area (Å²) in [6.07, 6.45) is 4.15. The van der Waals surface area contributed by atoms with Crippen molar-refractivity contribution in [1.82, 2.24) is 0 Å². The van der Waals surface area contributed by atoms with E-state index < -0.39 is 5.60 Å². The van der Waals surface area contributed by atoms with Crippen LogP contribution in [0, 0.1) is 17.8 Å². The van der Waals surface area contributed by atoms with E-state index in [-0.39, 0.29) is 29.5 Å². The van der Waals surface area contributed by atoms with Crippen molar-refractivity contribution in [2.75, 3.05) is 0 Å². The molecule has 0 aromatic rings. The predicted octanol–water partition coefficient (Wildman–Crippen LogP) is 1.72. The van der Waals surface area contributed by atoms with Crippen molar-refractivity contribution in [2.24, 2.45) is 17.8 Å². The largest absolute Gasteiger partial charge is 0.450 e. The Bertz CT molecular complexity index is 343. The summed E-state index contributed by atoms with van der Waals surface area (Å²) in [6, 6.07) is 0. The fraction of sp³-hybridized carbons (Fsp3) is 0.667. The van der Waals surface area contributed by atoms with Gasteiger partial charge >= 0.3 is 5.97 Å². The van der Waals surface area contributed by atoms with Crippen LogP contribution in [0.15, 0.2) is 12.2 Å². The highest BCUT2D eigenvalue weighted by atomic mass is 16.6. The molecule has 1 aliphatic carbocycles. The molecule has 1 fully saturated rings. The Morgan fingerprint density at radius 2 is 2.13 bits per heavy atom. The topological polar surface area (TPSA) is 43.4 Å². The Kier molecular flexibility index (Phi) is 2.21. The van der Waals surface area contributed by atoms with Gasteiger partial charge in [-0.1, -0.05) is 19.9 Å². The van der Waals surface area contributed by atoms with Gasteiger partial charge in [0.2, 0.25) is 0 Å². The van der Waals surface area contributed by atoms with E-state index in [0.29, 0.717) is 0 Å². The van der Waals surface area contributed by atoms with Crippen LogP contribution in [0.3, 0.4) is 0 Å². The summed E-state index contributed by atoms with van der Waals surface area (Å²) < 4.78 is 5.30. The van der Waals surface area contributed by atoms with Gasteiger partial charge in [-0.2, -0.15) is 0 Å². The zero-order chi connectivity index (χ0) is 11.2. The summed E-state index contributed by atoms with van der Waals surface area (Å²) in [5.74, 6) is -0.181. The highest BCUT2D eigenvalue weighted by Gasteiger charge is 2.57. The first kappa shape index (κ1) is 10.4. The number of hydrogen-bond acceptors (Lipinski definition) is 3. The molecule has 2 aliphatic rings. The Hall–Kier alpha value is -1.12. The third kappa shape index (κ3) is 1.33. The van der Waals surface area contributed by atoms with E-state index in [1.807, 2.05) is 19.9 Å². The molecule has 0 radical (unpaired) electrons. The van der Waals surface area contributed by atoms with Crippen LogP contribution >= 0.6 is 0 Å². The first-order chi connectivity index (χ1) is 6.97. The number of hydrogen-bond donors (Lipinski definition) is 0. The molecule has 3 heteroatoms. The third-order valence-corrected chi connectivity index (χ3v) is 3.59. The maximum Gasteiger partial charge on any atom is 0.310 e. The Labute approximate surface area is 89.5 Å². The standard InChI is InChI=1S/C12H16O3/c1-7(2)10-8-5-4-6-9(13)12(8,3)15-11(10)14/h4,6-8,10H,5H2,1-3H3. The molecule has 0 saturated carbocycles. The SMILES string of the molecule is CC(C)C1C(=O)OC2(C)C(=O)C=CCC12. The zero-order valence-corrected chi connectivity index (χ0v) is 9.32. The summed E-state index contributed by atoms with van der Waals surface area (Å²) in [5.41, 5.74) is -0.902. The average molecular weight is 208 g/mol. The lowest BCUT2D eigenvalue weighted by Gasteiger charge is -2.31. The molecule has 1 saturated heterocycles. The summed E-state index contributed by atoms with van der Waals surface area (Å²) in [7, 11) is 0. The molecule has 82 valence electrons. The molecule has 0 spiro atoms. The second-order valence-electron chi connectivity index (χ2n) is 4.91. The van der Waals surface area contributed by atoms with Crippen LogP contribution in [0.1, 0.15) is 27.2 Å². The van der Waals surface area contributed by atoms with Crippen LogP contribution in [0.4, 0.5) is 0 Å². The molecule has 1 aliphatic heterocycles. The molecule has 3 atom stereocenters. The minimum atomic E-state index is -0.902. The average Bonchev–Trinajstić information content (AvgIpc) is 2.39. The van der Waals surface area contributed by atoms with Gasteiger partial charge in [0.25, 0.3) is 0 Å². The lowest BCUT2D eigenvalue weighted by Crippen LogP contribution is -2.43. The molecule has 2 rings (SSSR count). The summed E-state index contributed by atoms with van der Waals surface area (Å²) in [4.78, 5) is 23.5. The Morgan fingerprint density at radius 1 is 1.47 bits per heavy atom. The van der Waals surface area contributed by atoms with E-state index in [4.69, 9.17) is 4.74 Å². The van der Waals surface area contributed by atoms with Crippen LogP contribution in [-0.2, 0) is 14.3 Å². The third-order valence-electron chi connectivity index (χ3n) is 3.59. The monoisotopic (exact) mass is 208 g/mol. The van der Waals surface area contributed by atoms with Crippen molar-refractivity contribution in [2.45, 2.75) is 32.8 Å². The summed E-state index contributed by atoms with van der Waals surface area (Å²) >= 11 is 0. The summed E-state index contributed by atoms with van der Waals surface area (Å²) in [5, 5.41) is 0. The first-order valence-electron chi connectivity index (χ1n) is 5.40. The van der Waals surface area contributed by atoms with Crippen molar-refractivity contribution in [3.8, 4) is 0 Å². The number of carbonyl (C=O) groups excluding carboxylic acids is 2. The van der Waals surface area contributed by atoms with E-state index in [0.717, 1.165) is 6.42 Å². The molecular formula is C12H16O3. The first-order valence-corrected chi connectivity index (χ1v) is 5.40. The van der Waals surface area contributed by atoms with E-state index in [1.165, 1.54) is 6.08 Å². The van der Waals surface area contributed by atoms with Crippen LogP contribution in [0.2, 0.25) is 0 Å². The van der Waals surface area contributed by atoms with E-state index in [1.54, 1.807) is 6.92 Å². The second-order valence-corrected chi connectivity index (χ2v) is 4.91. The smallest absolute Gasteiger partial charge is 0.310 e. The molecule has 0 bridgehead atoms. The molecule has 0 amide bonds. The van der Waals surface area contributed by atoms with E-state index >= 15 is 0 Å². The number of allylic oxidation sites excluding steroid dienone is 1. The Balaban J connectivity index is 2.39. The lowest BCUT2D eigenvalue weighted by molar-refractivity contribution is -0.156. The van der Waals surface area contributed by atoms with Gasteiger partial charge in [0.15, 0.2) is 11.4 Å². The van der Waals surface area contributed by atoms with Crippen molar-refractivity contribution < 1.29 is 14.3 Å². The van der Waals surface area contributed by atoms with Crippen LogP contribution in [0.25, 0.3) is 0 Å². The second kappa shape index (κ2) is 3.19. The van der Waals surface area contributed by atoms with Crippen LogP contribution in [0.5, 0.6) is 0 Å². The van der Waals surface area contributed by atoms with Gasteiger partial charge < -0.3 is 4.74 Å². The van der Waals surface area contributed by atoms with Crippen molar-refractivity contribution in [1.29, 1.82) is 0 Å². The number of fused-ring (bicyclic) bond motifs is 1. The van der Waals surface area contributed by atoms with Gasteiger partial charge in [-0.25, -0.2) is 0 Å². The maximum atomic E-state index is 11.7. The molecular weight excluding hydrogens is 192 g/mol. The Morgan fingerprint density at radius 3 is 2.73 bits per heavy atom. The number of esters is 1.